The topological polar surface area (TPSA) is 89.2 Å². The van der Waals surface area contributed by atoms with E-state index in [9.17, 15) is 4.79 Å². The zero-order chi connectivity index (χ0) is 15.0. The monoisotopic (exact) mass is 298 g/mol. The standard InChI is InChI=1S/C15H10N2O3S/c1-19-12-4-2-3-8-5-9(15(18)20-13(8)12)11-7-21-14(17)10(11)6-16/h2-5,7H,17H2,1H3. The minimum absolute atomic E-state index is 0.301. The number of thiophene rings is 1. The predicted molar refractivity (Wildman–Crippen MR) is 81.5 cm³/mol. The van der Waals surface area contributed by atoms with Crippen LogP contribution in [0.3, 0.4) is 0 Å². The Morgan fingerprint density at radius 2 is 2.19 bits per heavy atom. The molecule has 0 bridgehead atoms. The van der Waals surface area contributed by atoms with Crippen LogP contribution in [-0.4, -0.2) is 7.11 Å². The second-order valence-corrected chi connectivity index (χ2v) is 5.24. The lowest BCUT2D eigenvalue weighted by Crippen LogP contribution is -2.03. The van der Waals surface area contributed by atoms with E-state index < -0.39 is 5.63 Å². The molecule has 3 aromatic rings. The number of ether oxygens (including phenoxy) is 1. The molecule has 5 nitrogen and oxygen atoms in total. The smallest absolute Gasteiger partial charge is 0.344 e. The van der Waals surface area contributed by atoms with E-state index in [0.29, 0.717) is 33.0 Å². The van der Waals surface area contributed by atoms with Crippen molar-refractivity contribution in [1.82, 2.24) is 0 Å². The molecule has 21 heavy (non-hydrogen) atoms. The Morgan fingerprint density at radius 1 is 1.38 bits per heavy atom. The van der Waals surface area contributed by atoms with Gasteiger partial charge in [-0.3, -0.25) is 0 Å². The summed E-state index contributed by atoms with van der Waals surface area (Å²) in [7, 11) is 1.51. The van der Waals surface area contributed by atoms with E-state index in [1.165, 1.54) is 18.4 Å². The van der Waals surface area contributed by atoms with Crippen molar-refractivity contribution < 1.29 is 9.15 Å². The normalized spacial score (nSPS) is 10.5. The molecule has 6 heteroatoms. The van der Waals surface area contributed by atoms with Crippen LogP contribution >= 0.6 is 11.3 Å². The van der Waals surface area contributed by atoms with Crippen LogP contribution in [0.15, 0.2) is 38.9 Å². The fraction of sp³-hybridized carbons (Fsp3) is 0.0667. The maximum absolute atomic E-state index is 12.2. The molecule has 0 saturated carbocycles. The summed E-state index contributed by atoms with van der Waals surface area (Å²) < 4.78 is 10.5. The van der Waals surface area contributed by atoms with Crippen LogP contribution in [0.4, 0.5) is 5.00 Å². The summed E-state index contributed by atoms with van der Waals surface area (Å²) in [5.74, 6) is 0.487. The van der Waals surface area contributed by atoms with Crippen molar-refractivity contribution in [1.29, 1.82) is 5.26 Å². The average Bonchev–Trinajstić information content (AvgIpc) is 2.86. The quantitative estimate of drug-likeness (QED) is 0.735. The minimum Gasteiger partial charge on any atom is -0.493 e. The van der Waals surface area contributed by atoms with Crippen molar-refractivity contribution in [2.45, 2.75) is 0 Å². The van der Waals surface area contributed by atoms with Crippen LogP contribution in [0, 0.1) is 11.3 Å². The first kappa shape index (κ1) is 13.2. The number of nitriles is 1. The number of para-hydroxylation sites is 1. The SMILES string of the molecule is COc1cccc2cc(-c3csc(N)c3C#N)c(=O)oc12. The van der Waals surface area contributed by atoms with Gasteiger partial charge < -0.3 is 14.9 Å². The van der Waals surface area contributed by atoms with Crippen molar-refractivity contribution in [2.24, 2.45) is 0 Å². The largest absolute Gasteiger partial charge is 0.493 e. The van der Waals surface area contributed by atoms with E-state index in [2.05, 4.69) is 0 Å². The lowest BCUT2D eigenvalue weighted by molar-refractivity contribution is 0.407. The molecule has 3 rings (SSSR count). The van der Waals surface area contributed by atoms with Crippen LogP contribution in [0.25, 0.3) is 22.1 Å². The van der Waals surface area contributed by atoms with Crippen molar-refractivity contribution in [3.63, 3.8) is 0 Å². The highest BCUT2D eigenvalue weighted by Gasteiger charge is 2.16. The Balaban J connectivity index is 2.33. The van der Waals surface area contributed by atoms with Gasteiger partial charge >= 0.3 is 5.63 Å². The molecule has 0 unspecified atom stereocenters. The van der Waals surface area contributed by atoms with Crippen molar-refractivity contribution in [3.8, 4) is 22.9 Å². The second kappa shape index (κ2) is 4.96. The number of nitrogens with zero attached hydrogens (tertiary/aromatic N) is 1. The van der Waals surface area contributed by atoms with Crippen molar-refractivity contribution in [3.05, 3.63) is 45.6 Å². The zero-order valence-electron chi connectivity index (χ0n) is 11.0. The second-order valence-electron chi connectivity index (χ2n) is 4.33. The Morgan fingerprint density at radius 3 is 2.90 bits per heavy atom. The van der Waals surface area contributed by atoms with E-state index in [0.717, 1.165) is 5.39 Å². The molecule has 2 aromatic heterocycles. The van der Waals surface area contributed by atoms with Gasteiger partial charge in [0.15, 0.2) is 11.3 Å². The third-order valence-corrected chi connectivity index (χ3v) is 3.98. The lowest BCUT2D eigenvalue weighted by atomic mass is 10.1. The molecule has 0 aliphatic rings. The maximum Gasteiger partial charge on any atom is 0.344 e. The van der Waals surface area contributed by atoms with Crippen LogP contribution < -0.4 is 16.1 Å². The Kier molecular flexibility index (Phi) is 3.12. The minimum atomic E-state index is -0.527. The molecule has 0 radical (unpaired) electrons. The van der Waals surface area contributed by atoms with E-state index in [-0.39, 0.29) is 0 Å². The van der Waals surface area contributed by atoms with Gasteiger partial charge in [0.25, 0.3) is 0 Å². The first-order valence-corrected chi connectivity index (χ1v) is 6.92. The fourth-order valence-electron chi connectivity index (χ4n) is 2.15. The van der Waals surface area contributed by atoms with Gasteiger partial charge in [-0.05, 0) is 12.1 Å². The first-order valence-electron chi connectivity index (χ1n) is 6.04. The summed E-state index contributed by atoms with van der Waals surface area (Å²) >= 11 is 1.22. The van der Waals surface area contributed by atoms with Gasteiger partial charge in [-0.25, -0.2) is 4.79 Å². The van der Waals surface area contributed by atoms with Gasteiger partial charge in [0.05, 0.1) is 18.2 Å². The molecule has 0 aliphatic heterocycles. The van der Waals surface area contributed by atoms with E-state index >= 15 is 0 Å². The summed E-state index contributed by atoms with van der Waals surface area (Å²) in [5, 5.41) is 12.0. The molecular weight excluding hydrogens is 288 g/mol. The first-order chi connectivity index (χ1) is 10.2. The van der Waals surface area contributed by atoms with E-state index in [1.54, 1.807) is 23.6 Å². The number of anilines is 1. The van der Waals surface area contributed by atoms with E-state index in [4.69, 9.17) is 20.1 Å². The van der Waals surface area contributed by atoms with Crippen LogP contribution in [-0.2, 0) is 0 Å². The summed E-state index contributed by atoms with van der Waals surface area (Å²) in [6.07, 6.45) is 0. The van der Waals surface area contributed by atoms with Gasteiger partial charge in [-0.1, -0.05) is 12.1 Å². The Labute approximate surface area is 123 Å². The van der Waals surface area contributed by atoms with Crippen LogP contribution in [0.2, 0.25) is 0 Å². The van der Waals surface area contributed by atoms with Crippen molar-refractivity contribution >= 4 is 27.3 Å². The highest BCUT2D eigenvalue weighted by atomic mass is 32.1. The number of rotatable bonds is 2. The Hall–Kier alpha value is -2.78. The molecule has 2 N–H and O–H groups in total. The molecule has 0 saturated heterocycles. The van der Waals surface area contributed by atoms with Gasteiger partial charge in [-0.15, -0.1) is 11.3 Å². The predicted octanol–water partition coefficient (Wildman–Crippen LogP) is 2.98. The van der Waals surface area contributed by atoms with Crippen molar-refractivity contribution in [2.75, 3.05) is 12.8 Å². The van der Waals surface area contributed by atoms with Crippen LogP contribution in [0.5, 0.6) is 5.75 Å². The molecule has 0 aliphatic carbocycles. The van der Waals surface area contributed by atoms with Gasteiger partial charge in [0.2, 0.25) is 0 Å². The number of benzene rings is 1. The molecule has 2 heterocycles. The number of nitrogens with two attached hydrogens (primary N) is 1. The summed E-state index contributed by atoms with van der Waals surface area (Å²) in [6.45, 7) is 0. The molecule has 0 fully saturated rings. The molecular formula is C15H10N2O3S. The van der Waals surface area contributed by atoms with Gasteiger partial charge in [0, 0.05) is 16.3 Å². The molecule has 0 spiro atoms. The highest BCUT2D eigenvalue weighted by Crippen LogP contribution is 2.33. The highest BCUT2D eigenvalue weighted by molar-refractivity contribution is 7.14. The summed E-state index contributed by atoms with van der Waals surface area (Å²) in [6, 6.07) is 9.04. The number of methoxy groups -OCH3 is 1. The molecule has 0 amide bonds. The molecule has 1 aromatic carbocycles. The lowest BCUT2D eigenvalue weighted by Gasteiger charge is -2.05. The van der Waals surface area contributed by atoms with Gasteiger partial charge in [-0.2, -0.15) is 5.26 Å². The molecule has 104 valence electrons. The molecule has 0 atom stereocenters. The maximum atomic E-state index is 12.2. The number of fused-ring (bicyclic) bond motifs is 1. The summed E-state index contributed by atoms with van der Waals surface area (Å²) in [5.41, 5.74) is 6.72. The number of hydrogen-bond acceptors (Lipinski definition) is 6. The third-order valence-electron chi connectivity index (χ3n) is 3.17. The number of hydrogen-bond donors (Lipinski definition) is 1. The fourth-order valence-corrected chi connectivity index (χ4v) is 2.92. The summed E-state index contributed by atoms with van der Waals surface area (Å²) in [4.78, 5) is 12.2. The van der Waals surface area contributed by atoms with Gasteiger partial charge in [0.1, 0.15) is 11.1 Å². The average molecular weight is 298 g/mol. The van der Waals surface area contributed by atoms with E-state index in [1.807, 2.05) is 12.1 Å². The third kappa shape index (κ3) is 2.04. The zero-order valence-corrected chi connectivity index (χ0v) is 11.9. The number of nitrogen functional groups attached to an aromatic ring is 1. The Bertz CT molecular complexity index is 934. The van der Waals surface area contributed by atoms with Crippen LogP contribution in [0.1, 0.15) is 5.56 Å².